The van der Waals surface area contributed by atoms with Gasteiger partial charge in [-0.1, -0.05) is 48.5 Å². The summed E-state index contributed by atoms with van der Waals surface area (Å²) in [6.07, 6.45) is 3.80. The monoisotopic (exact) mass is 336 g/mol. The van der Waals surface area contributed by atoms with E-state index in [0.717, 1.165) is 44.3 Å². The number of hydrogen-bond acceptors (Lipinski definition) is 2. The first kappa shape index (κ1) is 17.2. The minimum atomic E-state index is -0.170. The normalized spacial score (nSPS) is 13.7. The topological polar surface area (TPSA) is 49.4 Å². The predicted octanol–water partition coefficient (Wildman–Crippen LogP) is 2.82. The molecule has 4 nitrogen and oxygen atoms in total. The van der Waals surface area contributed by atoms with Crippen LogP contribution in [0, 0.1) is 0 Å². The molecule has 2 aromatic rings. The molecule has 3 rings (SSSR count). The molecule has 0 aromatic heterocycles. The summed E-state index contributed by atoms with van der Waals surface area (Å²) < 4.78 is 0. The van der Waals surface area contributed by atoms with Crippen LogP contribution < -0.4 is 5.32 Å². The van der Waals surface area contributed by atoms with E-state index in [0.29, 0.717) is 5.56 Å². The number of carbonyl (C=O) groups is 2. The second-order valence-electron chi connectivity index (χ2n) is 6.41. The lowest BCUT2D eigenvalue weighted by Gasteiger charge is -2.16. The van der Waals surface area contributed by atoms with Gasteiger partial charge in [0.1, 0.15) is 0 Å². The number of rotatable bonds is 6. The van der Waals surface area contributed by atoms with Gasteiger partial charge >= 0.3 is 0 Å². The molecular weight excluding hydrogens is 312 g/mol. The Labute approximate surface area is 148 Å². The van der Waals surface area contributed by atoms with Gasteiger partial charge < -0.3 is 10.2 Å². The Kier molecular flexibility index (Phi) is 5.83. The van der Waals surface area contributed by atoms with Crippen LogP contribution in [0.4, 0.5) is 0 Å². The van der Waals surface area contributed by atoms with Crippen molar-refractivity contribution >= 4 is 11.8 Å². The van der Waals surface area contributed by atoms with Crippen molar-refractivity contribution in [3.05, 3.63) is 71.3 Å². The van der Waals surface area contributed by atoms with Crippen molar-refractivity contribution in [3.63, 3.8) is 0 Å². The number of aryl methyl sites for hydroxylation is 2. The molecule has 1 aliphatic rings. The molecular formula is C21H24N2O2. The molecule has 130 valence electrons. The van der Waals surface area contributed by atoms with Crippen LogP contribution in [0.15, 0.2) is 54.6 Å². The molecule has 1 aliphatic heterocycles. The van der Waals surface area contributed by atoms with Gasteiger partial charge in [0, 0.05) is 18.7 Å². The number of hydrogen-bond donors (Lipinski definition) is 1. The highest BCUT2D eigenvalue weighted by Gasteiger charge is 2.19. The molecule has 1 heterocycles. The van der Waals surface area contributed by atoms with Crippen molar-refractivity contribution in [2.24, 2.45) is 0 Å². The summed E-state index contributed by atoms with van der Waals surface area (Å²) in [6.45, 7) is 1.69. The number of nitrogens with zero attached hydrogens (tertiary/aromatic N) is 1. The Morgan fingerprint density at radius 3 is 2.32 bits per heavy atom. The van der Waals surface area contributed by atoms with Crippen molar-refractivity contribution in [3.8, 4) is 0 Å². The minimum Gasteiger partial charge on any atom is -0.343 e. The molecule has 0 spiro atoms. The van der Waals surface area contributed by atoms with Crippen LogP contribution in [0.3, 0.4) is 0 Å². The molecule has 2 amide bonds. The summed E-state index contributed by atoms with van der Waals surface area (Å²) in [7, 11) is 0. The van der Waals surface area contributed by atoms with E-state index in [4.69, 9.17) is 0 Å². The average molecular weight is 336 g/mol. The smallest absolute Gasteiger partial charge is 0.251 e. The number of benzene rings is 2. The molecule has 0 unspecified atom stereocenters. The van der Waals surface area contributed by atoms with E-state index < -0.39 is 0 Å². The summed E-state index contributed by atoms with van der Waals surface area (Å²) in [5.41, 5.74) is 2.92. The molecule has 0 saturated carbocycles. The molecule has 2 aromatic carbocycles. The van der Waals surface area contributed by atoms with E-state index in [-0.39, 0.29) is 18.4 Å². The van der Waals surface area contributed by atoms with Crippen molar-refractivity contribution in [1.29, 1.82) is 0 Å². The van der Waals surface area contributed by atoms with Gasteiger partial charge in [-0.3, -0.25) is 9.59 Å². The maximum Gasteiger partial charge on any atom is 0.251 e. The van der Waals surface area contributed by atoms with Crippen LogP contribution in [-0.2, 0) is 17.6 Å². The zero-order chi connectivity index (χ0) is 17.5. The fourth-order valence-corrected chi connectivity index (χ4v) is 3.21. The molecule has 1 N–H and O–H groups in total. The van der Waals surface area contributed by atoms with E-state index in [2.05, 4.69) is 17.4 Å². The quantitative estimate of drug-likeness (QED) is 0.882. The Morgan fingerprint density at radius 1 is 0.880 bits per heavy atom. The van der Waals surface area contributed by atoms with Gasteiger partial charge in [-0.15, -0.1) is 0 Å². The first-order chi connectivity index (χ1) is 12.2. The van der Waals surface area contributed by atoms with Crippen molar-refractivity contribution in [1.82, 2.24) is 10.2 Å². The number of amides is 2. The summed E-state index contributed by atoms with van der Waals surface area (Å²) in [5, 5.41) is 2.78. The minimum absolute atomic E-state index is 0.00705. The average Bonchev–Trinajstić information content (AvgIpc) is 3.20. The van der Waals surface area contributed by atoms with E-state index in [1.165, 1.54) is 5.56 Å². The number of carbonyl (C=O) groups excluding carboxylic acids is 2. The fourth-order valence-electron chi connectivity index (χ4n) is 3.21. The Morgan fingerprint density at radius 2 is 1.56 bits per heavy atom. The maximum absolute atomic E-state index is 12.5. The van der Waals surface area contributed by atoms with Crippen LogP contribution >= 0.6 is 0 Å². The van der Waals surface area contributed by atoms with Gasteiger partial charge in [0.05, 0.1) is 6.54 Å². The zero-order valence-electron chi connectivity index (χ0n) is 14.4. The highest BCUT2D eigenvalue weighted by atomic mass is 16.2. The van der Waals surface area contributed by atoms with Crippen LogP contribution in [0.5, 0.6) is 0 Å². The van der Waals surface area contributed by atoms with E-state index in [1.54, 1.807) is 0 Å². The largest absolute Gasteiger partial charge is 0.343 e. The summed E-state index contributed by atoms with van der Waals surface area (Å²) >= 11 is 0. The van der Waals surface area contributed by atoms with Crippen molar-refractivity contribution < 1.29 is 9.59 Å². The molecule has 25 heavy (non-hydrogen) atoms. The Balaban J connectivity index is 1.59. The van der Waals surface area contributed by atoms with Crippen LogP contribution in [0.25, 0.3) is 0 Å². The molecule has 0 radical (unpaired) electrons. The Bertz CT molecular complexity index is 722. The SMILES string of the molecule is O=C(NCC(=O)N1CCCC1)c1ccccc1CCc1ccccc1. The van der Waals surface area contributed by atoms with Crippen molar-refractivity contribution in [2.45, 2.75) is 25.7 Å². The highest BCUT2D eigenvalue weighted by molar-refractivity contribution is 5.97. The van der Waals surface area contributed by atoms with Gasteiger partial charge in [-0.05, 0) is 42.9 Å². The number of nitrogens with one attached hydrogen (secondary N) is 1. The lowest BCUT2D eigenvalue weighted by Crippen LogP contribution is -2.38. The maximum atomic E-state index is 12.5. The van der Waals surface area contributed by atoms with Crippen LogP contribution in [-0.4, -0.2) is 36.3 Å². The third-order valence-corrected chi connectivity index (χ3v) is 4.65. The highest BCUT2D eigenvalue weighted by Crippen LogP contribution is 2.13. The Hall–Kier alpha value is -2.62. The predicted molar refractivity (Wildman–Crippen MR) is 98.4 cm³/mol. The molecule has 1 fully saturated rings. The van der Waals surface area contributed by atoms with E-state index in [9.17, 15) is 9.59 Å². The lowest BCUT2D eigenvalue weighted by molar-refractivity contribution is -0.129. The summed E-state index contributed by atoms with van der Waals surface area (Å²) in [5.74, 6) is -0.163. The van der Waals surface area contributed by atoms with Crippen LogP contribution in [0.1, 0.15) is 34.3 Å². The van der Waals surface area contributed by atoms with Crippen LogP contribution in [0.2, 0.25) is 0 Å². The molecule has 0 bridgehead atoms. The molecule has 0 atom stereocenters. The third kappa shape index (κ3) is 4.69. The summed E-state index contributed by atoms with van der Waals surface area (Å²) in [4.78, 5) is 26.4. The van der Waals surface area contributed by atoms with Gasteiger partial charge in [0.25, 0.3) is 5.91 Å². The fraction of sp³-hybridized carbons (Fsp3) is 0.333. The molecule has 4 heteroatoms. The van der Waals surface area contributed by atoms with Crippen molar-refractivity contribution in [2.75, 3.05) is 19.6 Å². The van der Waals surface area contributed by atoms with E-state index >= 15 is 0 Å². The van der Waals surface area contributed by atoms with Gasteiger partial charge in [-0.2, -0.15) is 0 Å². The molecule has 0 aliphatic carbocycles. The molecule has 1 saturated heterocycles. The first-order valence-electron chi connectivity index (χ1n) is 8.92. The zero-order valence-corrected chi connectivity index (χ0v) is 14.4. The first-order valence-corrected chi connectivity index (χ1v) is 8.92. The van der Waals surface area contributed by atoms with Gasteiger partial charge in [-0.25, -0.2) is 0 Å². The van der Waals surface area contributed by atoms with Gasteiger partial charge in [0.2, 0.25) is 5.91 Å². The summed E-state index contributed by atoms with van der Waals surface area (Å²) in [6, 6.07) is 17.9. The van der Waals surface area contributed by atoms with Gasteiger partial charge in [0.15, 0.2) is 0 Å². The lowest BCUT2D eigenvalue weighted by atomic mass is 9.99. The number of likely N-dealkylation sites (tertiary alicyclic amines) is 1. The van der Waals surface area contributed by atoms with E-state index in [1.807, 2.05) is 47.4 Å². The third-order valence-electron chi connectivity index (χ3n) is 4.65. The standard InChI is InChI=1S/C21H24N2O2/c24-20(23-14-6-7-15-23)16-22-21(25)19-11-5-4-10-18(19)13-12-17-8-2-1-3-9-17/h1-5,8-11H,6-7,12-16H2,(H,22,25). The second kappa shape index (κ2) is 8.47. The second-order valence-corrected chi connectivity index (χ2v) is 6.41.